The summed E-state index contributed by atoms with van der Waals surface area (Å²) in [6.45, 7) is 10.6. The van der Waals surface area contributed by atoms with Crippen LogP contribution in [0.4, 0.5) is 0 Å². The van der Waals surface area contributed by atoms with E-state index in [-0.39, 0.29) is 18.1 Å². The molecule has 18 heavy (non-hydrogen) atoms. The molecule has 0 heterocycles. The van der Waals surface area contributed by atoms with Gasteiger partial charge in [0.05, 0.1) is 5.60 Å². The van der Waals surface area contributed by atoms with E-state index in [1.807, 2.05) is 20.8 Å². The zero-order valence-electron chi connectivity index (χ0n) is 12.6. The van der Waals surface area contributed by atoms with Crippen LogP contribution in [0.25, 0.3) is 0 Å². The summed E-state index contributed by atoms with van der Waals surface area (Å²) in [5, 5.41) is 3.16. The summed E-state index contributed by atoms with van der Waals surface area (Å²) in [5.41, 5.74) is -0.249. The van der Waals surface area contributed by atoms with Crippen LogP contribution in [0.3, 0.4) is 0 Å². The Morgan fingerprint density at radius 3 is 2.44 bits per heavy atom. The van der Waals surface area contributed by atoms with Gasteiger partial charge >= 0.3 is 0 Å². The van der Waals surface area contributed by atoms with Crippen LogP contribution in [-0.2, 0) is 9.53 Å². The van der Waals surface area contributed by atoms with Crippen LogP contribution in [0.5, 0.6) is 0 Å². The number of carbonyl (C=O) groups excluding carboxylic acids is 1. The molecule has 3 heteroatoms. The van der Waals surface area contributed by atoms with E-state index in [1.54, 1.807) is 0 Å². The number of hydrogen-bond acceptors (Lipinski definition) is 2. The molecule has 3 nitrogen and oxygen atoms in total. The first-order valence-electron chi connectivity index (χ1n) is 7.23. The first kappa shape index (κ1) is 15.5. The van der Waals surface area contributed by atoms with Gasteiger partial charge in [0.15, 0.2) is 0 Å². The van der Waals surface area contributed by atoms with Crippen molar-refractivity contribution in [3.63, 3.8) is 0 Å². The molecule has 1 fully saturated rings. The maximum absolute atomic E-state index is 11.9. The van der Waals surface area contributed by atoms with Gasteiger partial charge in [0.1, 0.15) is 6.61 Å². The third-order valence-electron chi connectivity index (χ3n) is 3.66. The molecule has 1 N–H and O–H groups in total. The Balaban J connectivity index is 2.41. The highest BCUT2D eigenvalue weighted by molar-refractivity contribution is 5.77. The summed E-state index contributed by atoms with van der Waals surface area (Å²) >= 11 is 0. The van der Waals surface area contributed by atoms with Gasteiger partial charge in [0.2, 0.25) is 5.91 Å². The van der Waals surface area contributed by atoms with Gasteiger partial charge in [-0.2, -0.15) is 0 Å². The quantitative estimate of drug-likeness (QED) is 0.838. The van der Waals surface area contributed by atoms with Crippen LogP contribution in [0, 0.1) is 11.8 Å². The first-order valence-corrected chi connectivity index (χ1v) is 7.23. The second kappa shape index (κ2) is 6.55. The highest BCUT2D eigenvalue weighted by Crippen LogP contribution is 2.30. The molecule has 106 valence electrons. The summed E-state index contributed by atoms with van der Waals surface area (Å²) in [6.07, 6.45) is 4.88. The smallest absolute Gasteiger partial charge is 0.246 e. The van der Waals surface area contributed by atoms with Crippen molar-refractivity contribution in [2.75, 3.05) is 6.61 Å². The Hall–Kier alpha value is -0.570. The molecule has 2 unspecified atom stereocenters. The number of amides is 1. The van der Waals surface area contributed by atoms with E-state index in [0.717, 1.165) is 6.42 Å². The maximum atomic E-state index is 11.9. The predicted octanol–water partition coefficient (Wildman–Crippen LogP) is 3.13. The van der Waals surface area contributed by atoms with E-state index < -0.39 is 0 Å². The van der Waals surface area contributed by atoms with E-state index >= 15 is 0 Å². The van der Waals surface area contributed by atoms with Crippen molar-refractivity contribution < 1.29 is 9.53 Å². The largest absolute Gasteiger partial charge is 0.366 e. The van der Waals surface area contributed by atoms with Gasteiger partial charge in [-0.15, -0.1) is 0 Å². The van der Waals surface area contributed by atoms with E-state index in [1.165, 1.54) is 19.3 Å². The molecule has 0 bridgehead atoms. The molecule has 0 aromatic carbocycles. The van der Waals surface area contributed by atoms with Crippen LogP contribution in [0.15, 0.2) is 0 Å². The Bertz CT molecular complexity index is 268. The van der Waals surface area contributed by atoms with E-state index in [2.05, 4.69) is 19.2 Å². The van der Waals surface area contributed by atoms with Crippen molar-refractivity contribution in [1.29, 1.82) is 0 Å². The lowest BCUT2D eigenvalue weighted by molar-refractivity contribution is -0.132. The minimum absolute atomic E-state index is 0.0301. The molecule has 1 saturated carbocycles. The second-order valence-corrected chi connectivity index (χ2v) is 6.77. The summed E-state index contributed by atoms with van der Waals surface area (Å²) in [7, 11) is 0. The average molecular weight is 255 g/mol. The molecule has 1 aliphatic rings. The van der Waals surface area contributed by atoms with E-state index in [0.29, 0.717) is 17.9 Å². The van der Waals surface area contributed by atoms with Crippen LogP contribution >= 0.6 is 0 Å². The van der Waals surface area contributed by atoms with Gasteiger partial charge in [-0.25, -0.2) is 0 Å². The molecule has 1 amide bonds. The number of nitrogens with one attached hydrogen (secondary N) is 1. The predicted molar refractivity (Wildman–Crippen MR) is 74.4 cm³/mol. The Labute approximate surface area is 112 Å². The highest BCUT2D eigenvalue weighted by Gasteiger charge is 2.28. The fourth-order valence-corrected chi connectivity index (χ4v) is 2.67. The minimum atomic E-state index is -0.249. The SMILES string of the molecule is CC(C)C1CCCCC1NC(=O)COC(C)(C)C. The third-order valence-corrected chi connectivity index (χ3v) is 3.66. The van der Waals surface area contributed by atoms with Crippen molar-refractivity contribution in [3.8, 4) is 0 Å². The number of rotatable bonds is 4. The van der Waals surface area contributed by atoms with Gasteiger partial charge in [-0.05, 0) is 45.4 Å². The lowest BCUT2D eigenvalue weighted by Gasteiger charge is -2.35. The Morgan fingerprint density at radius 1 is 1.28 bits per heavy atom. The zero-order chi connectivity index (χ0) is 13.8. The zero-order valence-corrected chi connectivity index (χ0v) is 12.6. The summed E-state index contributed by atoms with van der Waals surface area (Å²) in [5.74, 6) is 1.29. The van der Waals surface area contributed by atoms with Crippen LogP contribution < -0.4 is 5.32 Å². The molecule has 0 saturated heterocycles. The molecule has 2 atom stereocenters. The molecule has 0 spiro atoms. The average Bonchev–Trinajstić information content (AvgIpc) is 2.26. The molecular formula is C15H29NO2. The van der Waals surface area contributed by atoms with Crippen LogP contribution in [-0.4, -0.2) is 24.2 Å². The Kier molecular flexibility index (Phi) is 5.64. The first-order chi connectivity index (χ1) is 8.29. The molecule has 1 rings (SSSR count). The summed E-state index contributed by atoms with van der Waals surface area (Å²) < 4.78 is 5.52. The van der Waals surface area contributed by atoms with Crippen molar-refractivity contribution >= 4 is 5.91 Å². The van der Waals surface area contributed by atoms with E-state index in [4.69, 9.17) is 4.74 Å². The van der Waals surface area contributed by atoms with Crippen molar-refractivity contribution in [1.82, 2.24) is 5.32 Å². The molecule has 0 radical (unpaired) electrons. The van der Waals surface area contributed by atoms with Gasteiger partial charge in [0.25, 0.3) is 0 Å². The molecule has 0 aromatic rings. The Morgan fingerprint density at radius 2 is 1.89 bits per heavy atom. The van der Waals surface area contributed by atoms with Crippen molar-refractivity contribution in [2.24, 2.45) is 11.8 Å². The second-order valence-electron chi connectivity index (χ2n) is 6.77. The highest BCUT2D eigenvalue weighted by atomic mass is 16.5. The fourth-order valence-electron chi connectivity index (χ4n) is 2.67. The summed E-state index contributed by atoms with van der Waals surface area (Å²) in [6, 6.07) is 0.342. The number of hydrogen-bond donors (Lipinski definition) is 1. The van der Waals surface area contributed by atoms with Crippen molar-refractivity contribution in [2.45, 2.75) is 71.9 Å². The normalized spacial score (nSPS) is 25.2. The molecule has 0 aliphatic heterocycles. The molecule has 1 aliphatic carbocycles. The van der Waals surface area contributed by atoms with Gasteiger partial charge in [-0.3, -0.25) is 4.79 Å². The van der Waals surface area contributed by atoms with Gasteiger partial charge in [0, 0.05) is 6.04 Å². The molecule has 0 aromatic heterocycles. The minimum Gasteiger partial charge on any atom is -0.366 e. The monoisotopic (exact) mass is 255 g/mol. The third kappa shape index (κ3) is 5.38. The molecular weight excluding hydrogens is 226 g/mol. The van der Waals surface area contributed by atoms with Gasteiger partial charge in [-0.1, -0.05) is 26.7 Å². The fraction of sp³-hybridized carbons (Fsp3) is 0.933. The lowest BCUT2D eigenvalue weighted by Crippen LogP contribution is -2.45. The van der Waals surface area contributed by atoms with Crippen LogP contribution in [0.1, 0.15) is 60.3 Å². The summed E-state index contributed by atoms with van der Waals surface area (Å²) in [4.78, 5) is 11.9. The topological polar surface area (TPSA) is 38.3 Å². The van der Waals surface area contributed by atoms with Crippen LogP contribution in [0.2, 0.25) is 0 Å². The number of ether oxygens (including phenoxy) is 1. The van der Waals surface area contributed by atoms with Crippen molar-refractivity contribution in [3.05, 3.63) is 0 Å². The lowest BCUT2D eigenvalue weighted by atomic mass is 9.78. The van der Waals surface area contributed by atoms with Gasteiger partial charge < -0.3 is 10.1 Å². The standard InChI is InChI=1S/C15H29NO2/c1-11(2)12-8-6-7-9-13(12)16-14(17)10-18-15(3,4)5/h11-13H,6-10H2,1-5H3,(H,16,17). The maximum Gasteiger partial charge on any atom is 0.246 e. The van der Waals surface area contributed by atoms with E-state index in [9.17, 15) is 4.79 Å². The number of carbonyl (C=O) groups is 1.